The Hall–Kier alpha value is -3.81. The molecule has 1 fully saturated rings. The number of carbonyl (C=O) groups is 3. The van der Waals surface area contributed by atoms with E-state index < -0.39 is 17.8 Å². The fourth-order valence-electron chi connectivity index (χ4n) is 3.43. The fraction of sp³-hybridized carbons (Fsp3) is 0.148. The first-order chi connectivity index (χ1) is 17.4. The normalized spacial score (nSPS) is 14.7. The topological polar surface area (TPSA) is 84.9 Å². The Kier molecular flexibility index (Phi) is 7.93. The lowest BCUT2D eigenvalue weighted by Crippen LogP contribution is -2.54. The van der Waals surface area contributed by atoms with Crippen LogP contribution >= 0.6 is 23.2 Å². The van der Waals surface area contributed by atoms with E-state index in [0.29, 0.717) is 39.4 Å². The summed E-state index contributed by atoms with van der Waals surface area (Å²) in [6.07, 6.45) is 2.28. The number of hydrogen-bond donors (Lipinski definition) is 1. The summed E-state index contributed by atoms with van der Waals surface area (Å²) in [4.78, 5) is 38.9. The zero-order chi connectivity index (χ0) is 25.7. The van der Waals surface area contributed by atoms with Crippen LogP contribution < -0.4 is 19.7 Å². The molecule has 184 valence electrons. The molecule has 7 nitrogen and oxygen atoms in total. The van der Waals surface area contributed by atoms with Crippen LogP contribution in [0.15, 0.2) is 72.3 Å². The first kappa shape index (κ1) is 25.3. The maximum Gasteiger partial charge on any atom is 0.335 e. The average molecular weight is 525 g/mol. The van der Waals surface area contributed by atoms with Gasteiger partial charge in [-0.2, -0.15) is 0 Å². The van der Waals surface area contributed by atoms with E-state index >= 15 is 0 Å². The SMILES string of the molecule is CCCOc1ccc(N2C(=O)NC(=O)/C(=C/c3ccc(OCc4ccc(Cl)cc4Cl)cc3)C2=O)cc1. The van der Waals surface area contributed by atoms with E-state index in [-0.39, 0.29) is 12.2 Å². The third-order valence-corrected chi connectivity index (χ3v) is 5.86. The van der Waals surface area contributed by atoms with E-state index in [1.165, 1.54) is 6.08 Å². The molecule has 3 aromatic carbocycles. The molecule has 0 aromatic heterocycles. The van der Waals surface area contributed by atoms with Gasteiger partial charge in [-0.05, 0) is 66.6 Å². The summed E-state index contributed by atoms with van der Waals surface area (Å²) in [5.74, 6) is -0.284. The summed E-state index contributed by atoms with van der Waals surface area (Å²) in [5.41, 5.74) is 1.53. The van der Waals surface area contributed by atoms with Crippen LogP contribution in [0.2, 0.25) is 10.0 Å². The minimum Gasteiger partial charge on any atom is -0.494 e. The van der Waals surface area contributed by atoms with E-state index in [2.05, 4.69) is 5.32 Å². The van der Waals surface area contributed by atoms with Gasteiger partial charge in [0.25, 0.3) is 11.8 Å². The van der Waals surface area contributed by atoms with Crippen molar-refractivity contribution in [3.8, 4) is 11.5 Å². The first-order valence-electron chi connectivity index (χ1n) is 11.2. The number of nitrogens with zero attached hydrogens (tertiary/aromatic N) is 1. The number of hydrogen-bond acceptors (Lipinski definition) is 5. The van der Waals surface area contributed by atoms with Crippen molar-refractivity contribution in [3.05, 3.63) is 93.5 Å². The van der Waals surface area contributed by atoms with Crippen LogP contribution in [0.5, 0.6) is 11.5 Å². The average Bonchev–Trinajstić information content (AvgIpc) is 2.86. The minimum atomic E-state index is -0.811. The lowest BCUT2D eigenvalue weighted by Gasteiger charge is -2.26. The van der Waals surface area contributed by atoms with Crippen LogP contribution in [0.4, 0.5) is 10.5 Å². The molecule has 0 radical (unpaired) electrons. The van der Waals surface area contributed by atoms with E-state index in [1.54, 1.807) is 66.7 Å². The molecule has 0 unspecified atom stereocenters. The highest BCUT2D eigenvalue weighted by Gasteiger charge is 2.36. The molecular formula is C27H22Cl2N2O5. The third kappa shape index (κ3) is 5.87. The summed E-state index contributed by atoms with van der Waals surface area (Å²) >= 11 is 12.1. The number of imide groups is 2. The molecule has 1 aliphatic rings. The molecule has 1 aliphatic heterocycles. The zero-order valence-electron chi connectivity index (χ0n) is 19.3. The number of carbonyl (C=O) groups excluding carboxylic acids is 3. The maximum absolute atomic E-state index is 13.1. The van der Waals surface area contributed by atoms with Gasteiger partial charge in [0.15, 0.2) is 0 Å². The van der Waals surface area contributed by atoms with Crippen LogP contribution in [0.1, 0.15) is 24.5 Å². The Balaban J connectivity index is 1.48. The first-order valence-corrected chi connectivity index (χ1v) is 11.9. The second kappa shape index (κ2) is 11.3. The number of rotatable bonds is 8. The standard InChI is InChI=1S/C27H22Cl2N2O5/c1-2-13-35-21-11-7-20(8-12-21)31-26(33)23(25(32)30-27(31)34)14-17-3-9-22(10-4-17)36-16-18-5-6-19(28)15-24(18)29/h3-12,14-15H,2,13,16H2,1H3,(H,30,32,34)/b23-14-. The molecule has 1 N–H and O–H groups in total. The van der Waals surface area contributed by atoms with Crippen molar-refractivity contribution in [2.24, 2.45) is 0 Å². The summed E-state index contributed by atoms with van der Waals surface area (Å²) < 4.78 is 11.3. The summed E-state index contributed by atoms with van der Waals surface area (Å²) in [7, 11) is 0. The van der Waals surface area contributed by atoms with Gasteiger partial charge in [-0.25, -0.2) is 9.69 Å². The van der Waals surface area contributed by atoms with Crippen molar-refractivity contribution in [1.29, 1.82) is 0 Å². The van der Waals surface area contributed by atoms with E-state index in [4.69, 9.17) is 32.7 Å². The Bertz CT molecular complexity index is 1320. The molecule has 4 amide bonds. The van der Waals surface area contributed by atoms with E-state index in [1.807, 2.05) is 6.92 Å². The number of ether oxygens (including phenoxy) is 2. The highest BCUT2D eigenvalue weighted by atomic mass is 35.5. The molecular weight excluding hydrogens is 503 g/mol. The molecule has 0 bridgehead atoms. The maximum atomic E-state index is 13.1. The lowest BCUT2D eigenvalue weighted by molar-refractivity contribution is -0.122. The molecule has 1 saturated heterocycles. The Labute approximate surface area is 218 Å². The summed E-state index contributed by atoms with van der Waals surface area (Å²) in [5, 5.41) is 3.27. The Morgan fingerprint density at radius 1 is 0.889 bits per heavy atom. The van der Waals surface area contributed by atoms with Crippen molar-refractivity contribution >= 4 is 52.8 Å². The number of urea groups is 1. The van der Waals surface area contributed by atoms with Crippen molar-refractivity contribution in [2.75, 3.05) is 11.5 Å². The highest BCUT2D eigenvalue weighted by Crippen LogP contribution is 2.26. The Morgan fingerprint density at radius 2 is 1.56 bits per heavy atom. The van der Waals surface area contributed by atoms with Crippen molar-refractivity contribution < 1.29 is 23.9 Å². The predicted octanol–water partition coefficient (Wildman–Crippen LogP) is 6.03. The van der Waals surface area contributed by atoms with Gasteiger partial charge in [-0.1, -0.05) is 48.3 Å². The van der Waals surface area contributed by atoms with Gasteiger partial charge >= 0.3 is 6.03 Å². The van der Waals surface area contributed by atoms with Crippen molar-refractivity contribution in [3.63, 3.8) is 0 Å². The van der Waals surface area contributed by atoms with Gasteiger partial charge in [-0.15, -0.1) is 0 Å². The fourth-order valence-corrected chi connectivity index (χ4v) is 3.89. The second-order valence-corrected chi connectivity index (χ2v) is 8.74. The van der Waals surface area contributed by atoms with Crippen LogP contribution in [0, 0.1) is 0 Å². The van der Waals surface area contributed by atoms with Gasteiger partial charge in [0.2, 0.25) is 0 Å². The Morgan fingerprint density at radius 3 is 2.22 bits per heavy atom. The highest BCUT2D eigenvalue weighted by molar-refractivity contribution is 6.39. The smallest absolute Gasteiger partial charge is 0.335 e. The molecule has 4 rings (SSSR count). The summed E-state index contributed by atoms with van der Waals surface area (Å²) in [6, 6.07) is 17.7. The van der Waals surface area contributed by atoms with Gasteiger partial charge in [0.05, 0.1) is 12.3 Å². The number of amides is 4. The van der Waals surface area contributed by atoms with Crippen LogP contribution in [0.25, 0.3) is 6.08 Å². The predicted molar refractivity (Wildman–Crippen MR) is 138 cm³/mol. The number of nitrogens with one attached hydrogen (secondary N) is 1. The number of anilines is 1. The molecule has 3 aromatic rings. The lowest BCUT2D eigenvalue weighted by atomic mass is 10.1. The number of barbiturate groups is 1. The molecule has 0 saturated carbocycles. The molecule has 0 aliphatic carbocycles. The van der Waals surface area contributed by atoms with Crippen molar-refractivity contribution in [1.82, 2.24) is 5.32 Å². The van der Waals surface area contributed by atoms with Crippen LogP contribution in [0.3, 0.4) is 0 Å². The minimum absolute atomic E-state index is 0.164. The van der Waals surface area contributed by atoms with E-state index in [0.717, 1.165) is 16.9 Å². The molecule has 36 heavy (non-hydrogen) atoms. The molecule has 1 heterocycles. The van der Waals surface area contributed by atoms with Crippen LogP contribution in [-0.2, 0) is 16.2 Å². The quantitative estimate of drug-likeness (QED) is 0.287. The molecule has 0 spiro atoms. The monoisotopic (exact) mass is 524 g/mol. The van der Waals surface area contributed by atoms with Gasteiger partial charge in [0, 0.05) is 15.6 Å². The van der Waals surface area contributed by atoms with Gasteiger partial charge in [0.1, 0.15) is 23.7 Å². The van der Waals surface area contributed by atoms with E-state index in [9.17, 15) is 14.4 Å². The number of benzene rings is 3. The van der Waals surface area contributed by atoms with Gasteiger partial charge < -0.3 is 9.47 Å². The second-order valence-electron chi connectivity index (χ2n) is 7.89. The molecule has 9 heteroatoms. The molecule has 0 atom stereocenters. The number of halogens is 2. The zero-order valence-corrected chi connectivity index (χ0v) is 20.8. The van der Waals surface area contributed by atoms with Gasteiger partial charge in [-0.3, -0.25) is 14.9 Å². The van der Waals surface area contributed by atoms with Crippen LogP contribution in [-0.4, -0.2) is 24.5 Å². The third-order valence-electron chi connectivity index (χ3n) is 5.27. The largest absolute Gasteiger partial charge is 0.494 e. The summed E-state index contributed by atoms with van der Waals surface area (Å²) in [6.45, 7) is 2.80. The van der Waals surface area contributed by atoms with Crippen molar-refractivity contribution in [2.45, 2.75) is 20.0 Å².